The first-order chi connectivity index (χ1) is 12.2. The lowest BCUT2D eigenvalue weighted by molar-refractivity contribution is -0.116. The summed E-state index contributed by atoms with van der Waals surface area (Å²) in [7, 11) is 1.64. The van der Waals surface area contributed by atoms with Crippen LogP contribution in [0.25, 0.3) is 5.69 Å². The fraction of sp³-hybridized carbons (Fsp3) is 0.158. The van der Waals surface area contributed by atoms with E-state index < -0.39 is 0 Å². The molecular weight excluding hydrogens is 382 g/mol. The molecule has 4 rings (SSSR count). The first-order valence-electron chi connectivity index (χ1n) is 7.94. The smallest absolute Gasteiger partial charge is 0.226 e. The van der Waals surface area contributed by atoms with E-state index in [1.54, 1.807) is 13.4 Å². The van der Waals surface area contributed by atoms with Crippen molar-refractivity contribution >= 4 is 27.7 Å². The summed E-state index contributed by atoms with van der Waals surface area (Å²) in [6.07, 6.45) is 2.10. The summed E-state index contributed by atoms with van der Waals surface area (Å²) in [5.41, 5.74) is 2.75. The lowest BCUT2D eigenvalue weighted by atomic mass is 9.89. The Balaban J connectivity index is 1.86. The molecule has 1 N–H and O–H groups in total. The van der Waals surface area contributed by atoms with Gasteiger partial charge < -0.3 is 10.1 Å². The maximum Gasteiger partial charge on any atom is 0.226 e. The first-order valence-corrected chi connectivity index (χ1v) is 8.73. The van der Waals surface area contributed by atoms with Gasteiger partial charge in [-0.05, 0) is 34.1 Å². The van der Waals surface area contributed by atoms with Crippen LogP contribution in [0.5, 0.6) is 5.75 Å². The number of halogens is 1. The van der Waals surface area contributed by atoms with Gasteiger partial charge in [0.15, 0.2) is 0 Å². The summed E-state index contributed by atoms with van der Waals surface area (Å²) in [4.78, 5) is 17.0. The second-order valence-electron chi connectivity index (χ2n) is 5.85. The number of nitrogens with one attached hydrogen (secondary N) is 1. The van der Waals surface area contributed by atoms with Gasteiger partial charge in [0.25, 0.3) is 0 Å². The molecule has 1 amide bonds. The Morgan fingerprint density at radius 1 is 1.20 bits per heavy atom. The minimum Gasteiger partial charge on any atom is -0.496 e. The van der Waals surface area contributed by atoms with Crippen LogP contribution < -0.4 is 10.1 Å². The first kappa shape index (κ1) is 15.9. The molecule has 126 valence electrons. The second-order valence-corrected chi connectivity index (χ2v) is 6.70. The third kappa shape index (κ3) is 2.72. The lowest BCUT2D eigenvalue weighted by Gasteiger charge is -2.24. The van der Waals surface area contributed by atoms with Crippen molar-refractivity contribution in [3.8, 4) is 11.4 Å². The Morgan fingerprint density at radius 3 is 2.76 bits per heavy atom. The van der Waals surface area contributed by atoms with Gasteiger partial charge in [-0.15, -0.1) is 0 Å². The number of methoxy groups -OCH3 is 1. The van der Waals surface area contributed by atoms with Crippen molar-refractivity contribution in [3.63, 3.8) is 0 Å². The van der Waals surface area contributed by atoms with Crippen LogP contribution in [-0.4, -0.2) is 22.6 Å². The highest BCUT2D eigenvalue weighted by Crippen LogP contribution is 2.41. The van der Waals surface area contributed by atoms with E-state index in [-0.39, 0.29) is 11.8 Å². The number of carbonyl (C=O) groups is 1. The molecule has 2 heterocycles. The van der Waals surface area contributed by atoms with Crippen LogP contribution in [0.15, 0.2) is 59.3 Å². The highest BCUT2D eigenvalue weighted by atomic mass is 79.9. The molecule has 2 aromatic carbocycles. The SMILES string of the molecule is COc1ccccc1C1CC(=O)Nc2c1ncn2-c1ccccc1Br. The largest absolute Gasteiger partial charge is 0.496 e. The third-order valence-electron chi connectivity index (χ3n) is 4.40. The number of nitrogens with zero attached hydrogens (tertiary/aromatic N) is 2. The van der Waals surface area contributed by atoms with E-state index in [0.717, 1.165) is 27.2 Å². The molecule has 0 saturated heterocycles. The quantitative estimate of drug-likeness (QED) is 0.722. The van der Waals surface area contributed by atoms with Gasteiger partial charge in [0.1, 0.15) is 17.9 Å². The summed E-state index contributed by atoms with van der Waals surface area (Å²) in [6.45, 7) is 0. The molecule has 25 heavy (non-hydrogen) atoms. The average molecular weight is 398 g/mol. The summed E-state index contributed by atoms with van der Waals surface area (Å²) >= 11 is 3.56. The number of para-hydroxylation sites is 2. The zero-order valence-corrected chi connectivity index (χ0v) is 15.2. The van der Waals surface area contributed by atoms with Crippen molar-refractivity contribution in [1.82, 2.24) is 9.55 Å². The molecule has 0 saturated carbocycles. The summed E-state index contributed by atoms with van der Waals surface area (Å²) in [5.74, 6) is 1.31. The van der Waals surface area contributed by atoms with Gasteiger partial charge in [0, 0.05) is 22.4 Å². The molecule has 0 radical (unpaired) electrons. The van der Waals surface area contributed by atoms with Crippen molar-refractivity contribution in [2.75, 3.05) is 12.4 Å². The van der Waals surface area contributed by atoms with Crippen LogP contribution in [0.1, 0.15) is 23.6 Å². The predicted octanol–water partition coefficient (Wildman–Crippen LogP) is 4.12. The molecule has 1 aromatic heterocycles. The maximum absolute atomic E-state index is 12.4. The Labute approximate surface area is 153 Å². The normalized spacial score (nSPS) is 16.2. The molecular formula is C19H16BrN3O2. The number of fused-ring (bicyclic) bond motifs is 1. The second kappa shape index (κ2) is 6.37. The molecule has 3 aromatic rings. The van der Waals surface area contributed by atoms with Gasteiger partial charge in [-0.3, -0.25) is 9.36 Å². The Hall–Kier alpha value is -2.60. The molecule has 6 heteroatoms. The van der Waals surface area contributed by atoms with Gasteiger partial charge in [-0.1, -0.05) is 30.3 Å². The van der Waals surface area contributed by atoms with E-state index in [9.17, 15) is 4.79 Å². The van der Waals surface area contributed by atoms with E-state index in [1.807, 2.05) is 53.1 Å². The molecule has 0 spiro atoms. The number of benzene rings is 2. The molecule has 0 fully saturated rings. The highest BCUT2D eigenvalue weighted by Gasteiger charge is 2.32. The van der Waals surface area contributed by atoms with Crippen LogP contribution >= 0.6 is 15.9 Å². The van der Waals surface area contributed by atoms with E-state index in [0.29, 0.717) is 12.2 Å². The van der Waals surface area contributed by atoms with Gasteiger partial charge in [-0.25, -0.2) is 4.98 Å². The number of hydrogen-bond acceptors (Lipinski definition) is 3. The zero-order valence-electron chi connectivity index (χ0n) is 13.6. The minimum absolute atomic E-state index is 0.0304. The Morgan fingerprint density at radius 2 is 1.96 bits per heavy atom. The predicted molar refractivity (Wildman–Crippen MR) is 99.3 cm³/mol. The average Bonchev–Trinajstić information content (AvgIpc) is 3.05. The van der Waals surface area contributed by atoms with Crippen molar-refractivity contribution < 1.29 is 9.53 Å². The van der Waals surface area contributed by atoms with Crippen LogP contribution in [0.4, 0.5) is 5.82 Å². The molecule has 1 aliphatic rings. The summed E-state index contributed by atoms with van der Waals surface area (Å²) < 4.78 is 8.32. The van der Waals surface area contributed by atoms with Crippen molar-refractivity contribution in [2.45, 2.75) is 12.3 Å². The minimum atomic E-state index is -0.136. The molecule has 1 unspecified atom stereocenters. The van der Waals surface area contributed by atoms with Gasteiger partial charge in [-0.2, -0.15) is 0 Å². The topological polar surface area (TPSA) is 56.1 Å². The number of rotatable bonds is 3. The fourth-order valence-electron chi connectivity index (χ4n) is 3.25. The molecule has 0 aliphatic carbocycles. The number of carbonyl (C=O) groups excluding carboxylic acids is 1. The number of hydrogen-bond donors (Lipinski definition) is 1. The lowest BCUT2D eigenvalue weighted by Crippen LogP contribution is -2.25. The van der Waals surface area contributed by atoms with Crippen LogP contribution in [-0.2, 0) is 4.79 Å². The standard InChI is InChI=1S/C19H16BrN3O2/c1-25-16-9-5-2-6-12(16)13-10-17(24)22-19-18(13)21-11-23(19)15-8-4-3-7-14(15)20/h2-9,11,13H,10H2,1H3,(H,22,24). The zero-order chi connectivity index (χ0) is 17.4. The number of aromatic nitrogens is 2. The van der Waals surface area contributed by atoms with Gasteiger partial charge >= 0.3 is 0 Å². The van der Waals surface area contributed by atoms with E-state index in [4.69, 9.17) is 4.74 Å². The van der Waals surface area contributed by atoms with E-state index >= 15 is 0 Å². The molecule has 1 atom stereocenters. The van der Waals surface area contributed by atoms with Gasteiger partial charge in [0.2, 0.25) is 5.91 Å². The molecule has 0 bridgehead atoms. The van der Waals surface area contributed by atoms with Crippen molar-refractivity contribution in [3.05, 3.63) is 70.6 Å². The monoisotopic (exact) mass is 397 g/mol. The van der Waals surface area contributed by atoms with E-state index in [2.05, 4.69) is 26.2 Å². The van der Waals surface area contributed by atoms with Gasteiger partial charge in [0.05, 0.1) is 18.5 Å². The summed E-state index contributed by atoms with van der Waals surface area (Å²) in [5, 5.41) is 2.97. The number of amides is 1. The molecule has 5 nitrogen and oxygen atoms in total. The maximum atomic E-state index is 12.4. The Bertz CT molecular complexity index is 951. The van der Waals surface area contributed by atoms with Crippen LogP contribution in [0, 0.1) is 0 Å². The number of imidazole rings is 1. The van der Waals surface area contributed by atoms with Crippen LogP contribution in [0.2, 0.25) is 0 Å². The highest BCUT2D eigenvalue weighted by molar-refractivity contribution is 9.10. The molecule has 1 aliphatic heterocycles. The van der Waals surface area contributed by atoms with E-state index in [1.165, 1.54) is 0 Å². The van der Waals surface area contributed by atoms with Crippen molar-refractivity contribution in [2.24, 2.45) is 0 Å². The fourth-order valence-corrected chi connectivity index (χ4v) is 3.72. The van der Waals surface area contributed by atoms with Crippen molar-refractivity contribution in [1.29, 1.82) is 0 Å². The number of ether oxygens (including phenoxy) is 1. The third-order valence-corrected chi connectivity index (χ3v) is 5.07. The summed E-state index contributed by atoms with van der Waals surface area (Å²) in [6, 6.07) is 15.6. The Kier molecular flexibility index (Phi) is 4.05. The van der Waals surface area contributed by atoms with Crippen LogP contribution in [0.3, 0.4) is 0 Å². The number of anilines is 1.